The number of carbonyl (C=O) groups is 2. The lowest BCUT2D eigenvalue weighted by atomic mass is 10.2. The first kappa shape index (κ1) is 5.08. The van der Waals surface area contributed by atoms with Crippen LogP contribution < -0.4 is 10.9 Å². The van der Waals surface area contributed by atoms with Gasteiger partial charge in [-0.05, 0) is 0 Å². The fraction of sp³-hybridized carbons (Fsp3) is 0.500. The minimum absolute atomic E-state index is 0.121. The normalized spacial score (nSPS) is 19.5. The van der Waals surface area contributed by atoms with Gasteiger partial charge in [-0.3, -0.25) is 20.4 Å². The van der Waals surface area contributed by atoms with Gasteiger partial charge in [0.15, 0.2) is 0 Å². The van der Waals surface area contributed by atoms with Gasteiger partial charge in [0.1, 0.15) is 0 Å². The van der Waals surface area contributed by atoms with Crippen LogP contribution in [0.3, 0.4) is 0 Å². The smallest absolute Gasteiger partial charge is 0.238 e. The summed E-state index contributed by atoms with van der Waals surface area (Å²) in [5.74, 6) is -0.241. The van der Waals surface area contributed by atoms with Crippen LogP contribution in [-0.4, -0.2) is 11.8 Å². The fourth-order valence-corrected chi connectivity index (χ4v) is 0.491. The lowest BCUT2D eigenvalue weighted by Crippen LogP contribution is -2.46. The Bertz CT molecular complexity index is 104. The quantitative estimate of drug-likeness (QED) is 0.421. The van der Waals surface area contributed by atoms with Crippen LogP contribution in [0.15, 0.2) is 0 Å². The molecule has 0 aromatic carbocycles. The highest BCUT2D eigenvalue weighted by atomic mass is 16.2. The van der Waals surface area contributed by atoms with E-state index in [1.54, 1.807) is 0 Å². The van der Waals surface area contributed by atoms with Gasteiger partial charge in [0.25, 0.3) is 0 Å². The second-order valence-corrected chi connectivity index (χ2v) is 1.60. The average Bonchev–Trinajstić information content (AvgIpc) is 1.77. The van der Waals surface area contributed by atoms with E-state index in [1.165, 1.54) is 0 Å². The summed E-state index contributed by atoms with van der Waals surface area (Å²) in [7, 11) is 0. The molecule has 0 atom stereocenters. The standard InChI is InChI=1S/C4H6N2O2/c7-3-1-2-4(8)6-5-3/h1-2H2,(H,5,7)(H,6,8). The number of nitrogens with one attached hydrogen (secondary N) is 2. The molecule has 1 aliphatic rings. The molecule has 4 nitrogen and oxygen atoms in total. The zero-order chi connectivity index (χ0) is 5.98. The average molecular weight is 114 g/mol. The molecule has 2 amide bonds. The van der Waals surface area contributed by atoms with Crippen molar-refractivity contribution in [1.29, 1.82) is 0 Å². The van der Waals surface area contributed by atoms with Crippen molar-refractivity contribution < 1.29 is 9.59 Å². The van der Waals surface area contributed by atoms with Crippen LogP contribution in [0.1, 0.15) is 12.8 Å². The van der Waals surface area contributed by atoms with Crippen molar-refractivity contribution in [2.24, 2.45) is 0 Å². The topological polar surface area (TPSA) is 58.2 Å². The molecule has 44 valence electrons. The van der Waals surface area contributed by atoms with E-state index in [4.69, 9.17) is 0 Å². The molecule has 0 saturated carbocycles. The monoisotopic (exact) mass is 114 g/mol. The van der Waals surface area contributed by atoms with Gasteiger partial charge in [-0.25, -0.2) is 0 Å². The Morgan fingerprint density at radius 3 is 1.62 bits per heavy atom. The summed E-state index contributed by atoms with van der Waals surface area (Å²) in [6.07, 6.45) is 0.623. The molecule has 1 rings (SSSR count). The Morgan fingerprint density at radius 2 is 1.38 bits per heavy atom. The van der Waals surface area contributed by atoms with E-state index in [0.29, 0.717) is 12.8 Å². The predicted molar refractivity (Wildman–Crippen MR) is 25.5 cm³/mol. The van der Waals surface area contributed by atoms with Crippen molar-refractivity contribution in [3.05, 3.63) is 0 Å². The summed E-state index contributed by atoms with van der Waals surface area (Å²) in [6, 6.07) is 0. The van der Waals surface area contributed by atoms with Crippen LogP contribution >= 0.6 is 0 Å². The Balaban J connectivity index is 2.40. The Labute approximate surface area is 46.2 Å². The zero-order valence-corrected chi connectivity index (χ0v) is 4.23. The maximum absolute atomic E-state index is 10.3. The van der Waals surface area contributed by atoms with Crippen LogP contribution in [0.5, 0.6) is 0 Å². The second kappa shape index (κ2) is 1.81. The third kappa shape index (κ3) is 0.959. The van der Waals surface area contributed by atoms with Gasteiger partial charge in [-0.2, -0.15) is 0 Å². The zero-order valence-electron chi connectivity index (χ0n) is 4.23. The predicted octanol–water partition coefficient (Wildman–Crippen LogP) is -1.07. The summed E-state index contributed by atoms with van der Waals surface area (Å²) in [5.41, 5.74) is 4.39. The number of hydrogen-bond donors (Lipinski definition) is 2. The van der Waals surface area contributed by atoms with E-state index < -0.39 is 0 Å². The number of rotatable bonds is 0. The maximum atomic E-state index is 10.3. The highest BCUT2D eigenvalue weighted by Gasteiger charge is 2.11. The lowest BCUT2D eigenvalue weighted by molar-refractivity contribution is -0.133. The number of amides is 2. The Hall–Kier alpha value is -1.06. The van der Waals surface area contributed by atoms with Gasteiger partial charge < -0.3 is 0 Å². The molecule has 0 aromatic heterocycles. The number of carbonyl (C=O) groups excluding carboxylic acids is 2. The van der Waals surface area contributed by atoms with Crippen molar-refractivity contribution in [2.45, 2.75) is 12.8 Å². The van der Waals surface area contributed by atoms with Crippen LogP contribution in [0.25, 0.3) is 0 Å². The Morgan fingerprint density at radius 1 is 1.00 bits per heavy atom. The van der Waals surface area contributed by atoms with E-state index >= 15 is 0 Å². The third-order valence-electron chi connectivity index (χ3n) is 0.920. The summed E-state index contributed by atoms with van der Waals surface area (Å²) < 4.78 is 0. The highest BCUT2D eigenvalue weighted by Crippen LogP contribution is 1.91. The van der Waals surface area contributed by atoms with Crippen LogP contribution in [0.2, 0.25) is 0 Å². The molecule has 0 aromatic rings. The molecule has 0 bridgehead atoms. The van der Waals surface area contributed by atoms with Crippen molar-refractivity contribution >= 4 is 11.8 Å². The molecule has 2 N–H and O–H groups in total. The second-order valence-electron chi connectivity index (χ2n) is 1.60. The molecule has 1 heterocycles. The van der Waals surface area contributed by atoms with Crippen LogP contribution in [-0.2, 0) is 9.59 Å². The molecule has 0 aliphatic carbocycles. The summed E-state index contributed by atoms with van der Waals surface area (Å²) >= 11 is 0. The summed E-state index contributed by atoms with van der Waals surface area (Å²) in [6.45, 7) is 0. The first-order valence-electron chi connectivity index (χ1n) is 2.37. The molecule has 4 heteroatoms. The highest BCUT2D eigenvalue weighted by molar-refractivity contribution is 5.88. The third-order valence-corrected chi connectivity index (χ3v) is 0.920. The van der Waals surface area contributed by atoms with Crippen molar-refractivity contribution in [3.8, 4) is 0 Å². The minimum Gasteiger partial charge on any atom is -0.273 e. The van der Waals surface area contributed by atoms with E-state index in [9.17, 15) is 9.59 Å². The van der Waals surface area contributed by atoms with Crippen LogP contribution in [0.4, 0.5) is 0 Å². The van der Waals surface area contributed by atoms with E-state index in [2.05, 4.69) is 10.9 Å². The first-order chi connectivity index (χ1) is 3.79. The largest absolute Gasteiger partial charge is 0.273 e. The summed E-state index contributed by atoms with van der Waals surface area (Å²) in [4.78, 5) is 20.6. The van der Waals surface area contributed by atoms with Gasteiger partial charge >= 0.3 is 0 Å². The van der Waals surface area contributed by atoms with E-state index in [1.807, 2.05) is 0 Å². The minimum atomic E-state index is -0.121. The molecular weight excluding hydrogens is 108 g/mol. The van der Waals surface area contributed by atoms with Gasteiger partial charge in [-0.15, -0.1) is 0 Å². The SMILES string of the molecule is O=C1CCC(=O)NN1. The van der Waals surface area contributed by atoms with Crippen molar-refractivity contribution in [2.75, 3.05) is 0 Å². The number of hydrazine groups is 1. The lowest BCUT2D eigenvalue weighted by Gasteiger charge is -2.10. The van der Waals surface area contributed by atoms with E-state index in [0.717, 1.165) is 0 Å². The molecule has 0 radical (unpaired) electrons. The molecular formula is C4H6N2O2. The molecule has 8 heavy (non-hydrogen) atoms. The maximum Gasteiger partial charge on any atom is 0.238 e. The van der Waals surface area contributed by atoms with Crippen molar-refractivity contribution in [3.63, 3.8) is 0 Å². The van der Waals surface area contributed by atoms with Crippen molar-refractivity contribution in [1.82, 2.24) is 10.9 Å². The Kier molecular flexibility index (Phi) is 1.15. The van der Waals surface area contributed by atoms with Crippen LogP contribution in [0, 0.1) is 0 Å². The molecule has 1 fully saturated rings. The first-order valence-corrected chi connectivity index (χ1v) is 2.37. The van der Waals surface area contributed by atoms with E-state index in [-0.39, 0.29) is 11.8 Å². The molecule has 1 saturated heterocycles. The number of hydrogen-bond acceptors (Lipinski definition) is 2. The summed E-state index contributed by atoms with van der Waals surface area (Å²) in [5, 5.41) is 0. The van der Waals surface area contributed by atoms with Gasteiger partial charge in [-0.1, -0.05) is 0 Å². The van der Waals surface area contributed by atoms with Gasteiger partial charge in [0, 0.05) is 12.8 Å². The molecule has 0 spiro atoms. The van der Waals surface area contributed by atoms with Gasteiger partial charge in [0.2, 0.25) is 11.8 Å². The molecule has 0 unspecified atom stereocenters. The molecule has 1 aliphatic heterocycles. The van der Waals surface area contributed by atoms with Gasteiger partial charge in [0.05, 0.1) is 0 Å². The fourth-order valence-electron chi connectivity index (χ4n) is 0.491.